The summed E-state index contributed by atoms with van der Waals surface area (Å²) in [5, 5.41) is 7.53. The maximum atomic E-state index is 11.4. The molecular formula is C14H27ClN4O. The number of carbonyl (C=O) groups is 1. The fraction of sp³-hybridized carbons (Fsp3) is 0.786. The van der Waals surface area contributed by atoms with Crippen molar-refractivity contribution in [1.29, 1.82) is 0 Å². The van der Waals surface area contributed by atoms with Gasteiger partial charge in [-0.2, -0.15) is 0 Å². The van der Waals surface area contributed by atoms with Crippen molar-refractivity contribution in [3.8, 4) is 0 Å². The first-order valence-corrected chi connectivity index (χ1v) is 7.75. The molecule has 0 aromatic carbocycles. The number of rotatable bonds is 9. The minimum atomic E-state index is -0.0125. The number of nitrogens with zero attached hydrogens (tertiary/aromatic N) is 3. The van der Waals surface area contributed by atoms with Gasteiger partial charge in [-0.25, -0.2) is 5.01 Å². The lowest BCUT2D eigenvalue weighted by Gasteiger charge is -2.42. The van der Waals surface area contributed by atoms with E-state index in [1.807, 2.05) is 24.2 Å². The predicted molar refractivity (Wildman–Crippen MR) is 83.2 cm³/mol. The Morgan fingerprint density at radius 1 is 1.50 bits per heavy atom. The average Bonchev–Trinajstić information content (AvgIpc) is 2.77. The standard InChI is InChI=1S/C14H27ClN4O/c1-5-8-18(11-20)14(10-16-6-2)17(4)19-9-7-13(15)12(19)3/h7,9,11-14,16H,5-6,8,10H2,1-4H3. The van der Waals surface area contributed by atoms with Crippen molar-refractivity contribution in [3.05, 3.63) is 12.3 Å². The van der Waals surface area contributed by atoms with Crippen LogP contribution in [-0.2, 0) is 4.79 Å². The Morgan fingerprint density at radius 2 is 2.20 bits per heavy atom. The summed E-state index contributed by atoms with van der Waals surface area (Å²) in [5.74, 6) is 0. The van der Waals surface area contributed by atoms with E-state index in [4.69, 9.17) is 11.6 Å². The number of halogens is 1. The van der Waals surface area contributed by atoms with Gasteiger partial charge in [0.15, 0.2) is 0 Å². The minimum Gasteiger partial charge on any atom is -0.327 e. The molecule has 0 aromatic heterocycles. The van der Waals surface area contributed by atoms with Crippen LogP contribution in [0.3, 0.4) is 0 Å². The molecule has 20 heavy (non-hydrogen) atoms. The van der Waals surface area contributed by atoms with Crippen molar-refractivity contribution in [2.24, 2.45) is 0 Å². The van der Waals surface area contributed by atoms with E-state index in [0.717, 1.165) is 32.5 Å². The highest BCUT2D eigenvalue weighted by Gasteiger charge is 2.31. The van der Waals surface area contributed by atoms with E-state index in [9.17, 15) is 4.79 Å². The molecule has 0 saturated heterocycles. The molecule has 1 rings (SSSR count). The van der Waals surface area contributed by atoms with Crippen LogP contribution in [0.15, 0.2) is 12.3 Å². The van der Waals surface area contributed by atoms with E-state index >= 15 is 0 Å². The zero-order valence-electron chi connectivity index (χ0n) is 12.9. The Hall–Kier alpha value is -0.780. The molecule has 3 unspecified atom stereocenters. The fourth-order valence-corrected chi connectivity index (χ4v) is 2.61. The molecule has 0 aromatic rings. The molecular weight excluding hydrogens is 276 g/mol. The molecule has 0 fully saturated rings. The molecule has 0 aliphatic carbocycles. The topological polar surface area (TPSA) is 38.8 Å². The normalized spacial score (nSPS) is 23.4. The summed E-state index contributed by atoms with van der Waals surface area (Å²) in [4.78, 5) is 13.2. The summed E-state index contributed by atoms with van der Waals surface area (Å²) < 4.78 is 0. The Kier molecular flexibility index (Phi) is 7.34. The molecule has 1 N–H and O–H groups in total. The second-order valence-electron chi connectivity index (χ2n) is 5.11. The zero-order chi connectivity index (χ0) is 15.1. The molecule has 0 spiro atoms. The second kappa shape index (κ2) is 8.49. The van der Waals surface area contributed by atoms with Crippen LogP contribution in [-0.4, -0.2) is 65.6 Å². The van der Waals surface area contributed by atoms with E-state index < -0.39 is 0 Å². The third-order valence-electron chi connectivity index (χ3n) is 3.67. The quantitative estimate of drug-likeness (QED) is 0.398. The van der Waals surface area contributed by atoms with Crippen LogP contribution >= 0.6 is 11.6 Å². The highest BCUT2D eigenvalue weighted by molar-refractivity contribution is 6.22. The molecule has 3 atom stereocenters. The summed E-state index contributed by atoms with van der Waals surface area (Å²) in [6.07, 6.45) is 5.85. The van der Waals surface area contributed by atoms with Gasteiger partial charge >= 0.3 is 0 Å². The van der Waals surface area contributed by atoms with Gasteiger partial charge in [0.25, 0.3) is 0 Å². The number of hydrogen-bond acceptors (Lipinski definition) is 4. The number of hydrogen-bond donors (Lipinski definition) is 1. The summed E-state index contributed by atoms with van der Waals surface area (Å²) >= 11 is 6.23. The summed E-state index contributed by atoms with van der Waals surface area (Å²) in [6, 6.07) is 0.195. The van der Waals surface area contributed by atoms with Crippen molar-refractivity contribution < 1.29 is 4.79 Å². The molecule has 0 radical (unpaired) electrons. The lowest BCUT2D eigenvalue weighted by atomic mass is 10.3. The lowest BCUT2D eigenvalue weighted by Crippen LogP contribution is -2.58. The number of alkyl halides is 1. The molecule has 6 heteroatoms. The zero-order valence-corrected chi connectivity index (χ0v) is 13.7. The summed E-state index contributed by atoms with van der Waals surface area (Å²) in [7, 11) is 2.00. The van der Waals surface area contributed by atoms with Gasteiger partial charge in [-0.1, -0.05) is 13.8 Å². The average molecular weight is 303 g/mol. The molecule has 116 valence electrons. The van der Waals surface area contributed by atoms with E-state index in [0.29, 0.717) is 0 Å². The van der Waals surface area contributed by atoms with Crippen LogP contribution in [0, 0.1) is 0 Å². The van der Waals surface area contributed by atoms with Crippen molar-refractivity contribution in [2.45, 2.75) is 44.8 Å². The number of nitrogens with one attached hydrogen (secondary N) is 1. The molecule has 0 saturated carbocycles. The number of amides is 1. The first kappa shape index (κ1) is 17.3. The Labute approximate surface area is 127 Å². The van der Waals surface area contributed by atoms with Crippen LogP contribution in [0.4, 0.5) is 0 Å². The first-order valence-electron chi connectivity index (χ1n) is 7.32. The molecule has 1 aliphatic heterocycles. The van der Waals surface area contributed by atoms with E-state index in [2.05, 4.69) is 36.1 Å². The third-order valence-corrected chi connectivity index (χ3v) is 4.18. The van der Waals surface area contributed by atoms with Gasteiger partial charge in [-0.15, -0.1) is 11.6 Å². The van der Waals surface area contributed by atoms with Crippen LogP contribution in [0.2, 0.25) is 0 Å². The van der Waals surface area contributed by atoms with Gasteiger partial charge in [0, 0.05) is 26.3 Å². The SMILES string of the molecule is CCCN(C=O)C(CNCC)N(C)N1C=CC(Cl)C1C. The number of likely N-dealkylation sites (N-methyl/N-ethyl adjacent to an activating group) is 2. The Morgan fingerprint density at radius 3 is 2.65 bits per heavy atom. The Balaban J connectivity index is 2.80. The third kappa shape index (κ3) is 4.11. The van der Waals surface area contributed by atoms with Gasteiger partial charge < -0.3 is 15.2 Å². The largest absolute Gasteiger partial charge is 0.327 e. The summed E-state index contributed by atoms with van der Waals surface area (Å²) in [6.45, 7) is 8.59. The lowest BCUT2D eigenvalue weighted by molar-refractivity contribution is -0.132. The van der Waals surface area contributed by atoms with Crippen molar-refractivity contribution in [3.63, 3.8) is 0 Å². The van der Waals surface area contributed by atoms with Crippen molar-refractivity contribution in [1.82, 2.24) is 20.2 Å². The van der Waals surface area contributed by atoms with Crippen LogP contribution in [0.1, 0.15) is 27.2 Å². The fourth-order valence-electron chi connectivity index (χ4n) is 2.43. The van der Waals surface area contributed by atoms with E-state index in [1.165, 1.54) is 0 Å². The Bertz CT molecular complexity index is 326. The molecule has 5 nitrogen and oxygen atoms in total. The van der Waals surface area contributed by atoms with Crippen molar-refractivity contribution >= 4 is 18.0 Å². The van der Waals surface area contributed by atoms with Gasteiger partial charge in [0.1, 0.15) is 6.17 Å². The van der Waals surface area contributed by atoms with Gasteiger partial charge in [0.05, 0.1) is 11.4 Å². The van der Waals surface area contributed by atoms with Gasteiger partial charge in [-0.3, -0.25) is 4.79 Å². The van der Waals surface area contributed by atoms with E-state index in [-0.39, 0.29) is 17.6 Å². The van der Waals surface area contributed by atoms with Gasteiger partial charge in [-0.05, 0) is 26.0 Å². The maximum absolute atomic E-state index is 11.4. The summed E-state index contributed by atoms with van der Waals surface area (Å²) in [5.41, 5.74) is 0. The predicted octanol–water partition coefficient (Wildman–Crippen LogP) is 1.46. The monoisotopic (exact) mass is 302 g/mol. The highest BCUT2D eigenvalue weighted by Crippen LogP contribution is 2.22. The molecule has 0 bridgehead atoms. The van der Waals surface area contributed by atoms with Gasteiger partial charge in [0.2, 0.25) is 6.41 Å². The van der Waals surface area contributed by atoms with E-state index in [1.54, 1.807) is 0 Å². The molecule has 1 heterocycles. The highest BCUT2D eigenvalue weighted by atomic mass is 35.5. The molecule has 1 aliphatic rings. The number of carbonyl (C=O) groups excluding carboxylic acids is 1. The van der Waals surface area contributed by atoms with Crippen LogP contribution in [0.25, 0.3) is 0 Å². The smallest absolute Gasteiger partial charge is 0.211 e. The van der Waals surface area contributed by atoms with Crippen molar-refractivity contribution in [2.75, 3.05) is 26.7 Å². The molecule has 1 amide bonds. The number of hydrazine groups is 1. The van der Waals surface area contributed by atoms with Crippen LogP contribution < -0.4 is 5.32 Å². The minimum absolute atomic E-state index is 0.00749. The maximum Gasteiger partial charge on any atom is 0.211 e. The van der Waals surface area contributed by atoms with Crippen LogP contribution in [0.5, 0.6) is 0 Å². The first-order chi connectivity index (χ1) is 9.56. The second-order valence-corrected chi connectivity index (χ2v) is 5.62.